The molecule has 4 fully saturated rings. The summed E-state index contributed by atoms with van der Waals surface area (Å²) in [6.45, 7) is 6.82. The molecule has 13 heteroatoms. The molecule has 31 heavy (non-hydrogen) atoms. The molecule has 0 aromatic heterocycles. The van der Waals surface area contributed by atoms with Gasteiger partial charge in [-0.3, -0.25) is 4.79 Å². The average molecular weight is 442 g/mol. The van der Waals surface area contributed by atoms with Gasteiger partial charge in [0.15, 0.2) is 23.8 Å². The Balaban J connectivity index is 1.41. The molecule has 4 aliphatic rings. The van der Waals surface area contributed by atoms with Crippen LogP contribution >= 0.6 is 0 Å². The number of nitrogens with zero attached hydrogens (tertiary/aromatic N) is 3. The molecule has 0 bridgehead atoms. The maximum Gasteiger partial charge on any atom is 0.335 e. The van der Waals surface area contributed by atoms with Crippen LogP contribution in [-0.4, -0.2) is 90.5 Å². The number of carbonyl (C=O) groups is 2. The summed E-state index contributed by atoms with van der Waals surface area (Å²) >= 11 is 0. The molecule has 0 aromatic rings. The number of aliphatic carboxylic acids is 1. The van der Waals surface area contributed by atoms with Crippen molar-refractivity contribution < 1.29 is 43.1 Å². The Morgan fingerprint density at radius 2 is 1.45 bits per heavy atom. The standard InChI is InChI=1S/C18H26N4O9/c1-17(2)29-10-8(6-21-22-19)26-13(11(10)30-17)15(23)20-5-7-9-12(14(27-7)16(24)25)31-18(3,4)28-9/h7-14H,5-6H2,1-4H3,(H,20,23)(H,24,25)/t7-,8-,9+,10+,11+,12+,13-,14-/m1/s1. The number of fused-ring (bicyclic) bond motifs is 2. The summed E-state index contributed by atoms with van der Waals surface area (Å²) in [5.74, 6) is -3.50. The van der Waals surface area contributed by atoms with E-state index in [1.165, 1.54) is 0 Å². The summed E-state index contributed by atoms with van der Waals surface area (Å²) in [5.41, 5.74) is 8.60. The highest BCUT2D eigenvalue weighted by atomic mass is 16.8. The maximum absolute atomic E-state index is 12.9. The van der Waals surface area contributed by atoms with Crippen molar-refractivity contribution in [3.05, 3.63) is 10.4 Å². The zero-order valence-electron chi connectivity index (χ0n) is 17.6. The monoisotopic (exact) mass is 442 g/mol. The highest BCUT2D eigenvalue weighted by Gasteiger charge is 2.59. The van der Waals surface area contributed by atoms with Gasteiger partial charge in [-0.15, -0.1) is 0 Å². The Kier molecular flexibility index (Phi) is 5.63. The summed E-state index contributed by atoms with van der Waals surface area (Å²) in [6.07, 6.45) is -6.19. The van der Waals surface area contributed by atoms with E-state index in [0.29, 0.717) is 0 Å². The van der Waals surface area contributed by atoms with Crippen LogP contribution in [0.1, 0.15) is 27.7 Å². The van der Waals surface area contributed by atoms with E-state index in [4.69, 9.17) is 34.0 Å². The maximum atomic E-state index is 12.9. The molecule has 0 radical (unpaired) electrons. The third-order valence-electron chi connectivity index (χ3n) is 5.60. The van der Waals surface area contributed by atoms with Crippen molar-refractivity contribution in [3.63, 3.8) is 0 Å². The first-order chi connectivity index (χ1) is 14.5. The number of hydrogen-bond donors (Lipinski definition) is 2. The minimum absolute atomic E-state index is 0.00305. The number of amides is 1. The smallest absolute Gasteiger partial charge is 0.335 e. The molecule has 4 aliphatic heterocycles. The summed E-state index contributed by atoms with van der Waals surface area (Å²) in [6, 6.07) is 0. The molecule has 172 valence electrons. The lowest BCUT2D eigenvalue weighted by Gasteiger charge is -2.25. The van der Waals surface area contributed by atoms with E-state index < -0.39 is 72.3 Å². The van der Waals surface area contributed by atoms with Gasteiger partial charge in [-0.25, -0.2) is 4.79 Å². The summed E-state index contributed by atoms with van der Waals surface area (Å²) in [5, 5.41) is 15.7. The number of nitrogens with one attached hydrogen (secondary N) is 1. The van der Waals surface area contributed by atoms with Crippen molar-refractivity contribution in [1.82, 2.24) is 5.32 Å². The second kappa shape index (κ2) is 7.85. The molecule has 0 aromatic carbocycles. The quantitative estimate of drug-likeness (QED) is 0.328. The van der Waals surface area contributed by atoms with Gasteiger partial charge in [0.1, 0.15) is 30.5 Å². The van der Waals surface area contributed by atoms with E-state index in [2.05, 4.69) is 15.3 Å². The number of ether oxygens (including phenoxy) is 6. The largest absolute Gasteiger partial charge is 0.479 e. The third-order valence-corrected chi connectivity index (χ3v) is 5.60. The van der Waals surface area contributed by atoms with Crippen molar-refractivity contribution >= 4 is 11.9 Å². The van der Waals surface area contributed by atoms with Crippen LogP contribution in [0.3, 0.4) is 0 Å². The van der Waals surface area contributed by atoms with Gasteiger partial charge in [-0.05, 0) is 33.2 Å². The molecule has 8 atom stereocenters. The highest BCUT2D eigenvalue weighted by Crippen LogP contribution is 2.40. The molecular weight excluding hydrogens is 416 g/mol. The Morgan fingerprint density at radius 1 is 0.935 bits per heavy atom. The van der Waals surface area contributed by atoms with Crippen LogP contribution in [0.4, 0.5) is 0 Å². The fraction of sp³-hybridized carbons (Fsp3) is 0.889. The summed E-state index contributed by atoms with van der Waals surface area (Å²) < 4.78 is 34.5. The molecule has 0 spiro atoms. The number of azide groups is 1. The van der Waals surface area contributed by atoms with Crippen LogP contribution in [0.5, 0.6) is 0 Å². The van der Waals surface area contributed by atoms with Gasteiger partial charge >= 0.3 is 5.97 Å². The molecule has 1 amide bonds. The normalized spacial score (nSPS) is 41.9. The van der Waals surface area contributed by atoms with Gasteiger partial charge in [-0.1, -0.05) is 5.11 Å². The number of carbonyl (C=O) groups excluding carboxylic acids is 1. The first-order valence-corrected chi connectivity index (χ1v) is 10.0. The van der Waals surface area contributed by atoms with Crippen LogP contribution < -0.4 is 5.32 Å². The second-order valence-electron chi connectivity index (χ2n) is 8.82. The van der Waals surface area contributed by atoms with Gasteiger partial charge in [0, 0.05) is 11.5 Å². The van der Waals surface area contributed by atoms with Crippen molar-refractivity contribution in [2.45, 2.75) is 88.1 Å². The minimum atomic E-state index is -1.19. The Bertz CT molecular complexity index is 799. The number of rotatable bonds is 6. The van der Waals surface area contributed by atoms with Crippen molar-refractivity contribution in [3.8, 4) is 0 Å². The Labute approximate surface area is 177 Å². The lowest BCUT2D eigenvalue weighted by atomic mass is 10.1. The predicted octanol–water partition coefficient (Wildman–Crippen LogP) is 0.0725. The molecule has 0 aliphatic carbocycles. The van der Waals surface area contributed by atoms with Gasteiger partial charge in [0.25, 0.3) is 5.91 Å². The van der Waals surface area contributed by atoms with E-state index in [0.717, 1.165) is 0 Å². The third kappa shape index (κ3) is 4.22. The minimum Gasteiger partial charge on any atom is -0.479 e. The van der Waals surface area contributed by atoms with E-state index in [1.54, 1.807) is 27.7 Å². The zero-order valence-corrected chi connectivity index (χ0v) is 17.6. The van der Waals surface area contributed by atoms with Crippen LogP contribution in [-0.2, 0) is 38.0 Å². The topological polar surface area (TPSA) is 171 Å². The van der Waals surface area contributed by atoms with E-state index in [1.807, 2.05) is 0 Å². The Morgan fingerprint density at radius 3 is 2.03 bits per heavy atom. The van der Waals surface area contributed by atoms with Crippen LogP contribution in [0.15, 0.2) is 5.11 Å². The van der Waals surface area contributed by atoms with E-state index in [-0.39, 0.29) is 13.1 Å². The second-order valence-corrected chi connectivity index (χ2v) is 8.82. The molecule has 4 rings (SSSR count). The van der Waals surface area contributed by atoms with Crippen LogP contribution in [0, 0.1) is 0 Å². The fourth-order valence-electron chi connectivity index (χ4n) is 4.50. The number of carboxylic acids is 1. The van der Waals surface area contributed by atoms with Crippen LogP contribution in [0.2, 0.25) is 0 Å². The molecule has 2 N–H and O–H groups in total. The summed E-state index contributed by atoms with van der Waals surface area (Å²) in [7, 11) is 0. The molecule has 4 saturated heterocycles. The molecular formula is C18H26N4O9. The number of hydrogen-bond acceptors (Lipinski definition) is 9. The average Bonchev–Trinajstić information content (AvgIpc) is 3.34. The predicted molar refractivity (Wildman–Crippen MR) is 99.6 cm³/mol. The highest BCUT2D eigenvalue weighted by molar-refractivity contribution is 5.82. The molecule has 0 unspecified atom stereocenters. The zero-order chi connectivity index (χ0) is 22.6. The van der Waals surface area contributed by atoms with Crippen molar-refractivity contribution in [1.29, 1.82) is 0 Å². The molecule has 13 nitrogen and oxygen atoms in total. The van der Waals surface area contributed by atoms with E-state index >= 15 is 0 Å². The summed E-state index contributed by atoms with van der Waals surface area (Å²) in [4.78, 5) is 27.1. The molecule has 4 heterocycles. The number of carboxylic acid groups (broad SMARTS) is 1. The van der Waals surface area contributed by atoms with Gasteiger partial charge < -0.3 is 38.8 Å². The van der Waals surface area contributed by atoms with Gasteiger partial charge in [0.2, 0.25) is 0 Å². The van der Waals surface area contributed by atoms with Crippen LogP contribution in [0.25, 0.3) is 10.4 Å². The van der Waals surface area contributed by atoms with Gasteiger partial charge in [0.05, 0.1) is 12.6 Å². The first kappa shape index (κ1) is 22.2. The van der Waals surface area contributed by atoms with Crippen molar-refractivity contribution in [2.75, 3.05) is 13.1 Å². The lowest BCUT2D eigenvalue weighted by molar-refractivity contribution is -0.194. The first-order valence-electron chi connectivity index (χ1n) is 10.0. The fourth-order valence-corrected chi connectivity index (χ4v) is 4.50. The van der Waals surface area contributed by atoms with Gasteiger partial charge in [-0.2, -0.15) is 0 Å². The SMILES string of the molecule is CC1(C)O[C@@H]2[C@H](O1)[C@H](C(=O)O)O[C@@H]2CNC(=O)[C@@H]1O[C@H](CN=[N+]=[N-])[C@@H]2OC(C)(C)O[C@@H]21. The lowest BCUT2D eigenvalue weighted by Crippen LogP contribution is -2.47. The van der Waals surface area contributed by atoms with E-state index in [9.17, 15) is 14.7 Å². The molecule has 0 saturated carbocycles. The Hall–Kier alpha value is -1.99. The van der Waals surface area contributed by atoms with Crippen molar-refractivity contribution in [2.24, 2.45) is 5.11 Å².